The zero-order chi connectivity index (χ0) is 14.5. The van der Waals surface area contributed by atoms with Crippen molar-refractivity contribution < 1.29 is 0 Å². The molecule has 0 fully saturated rings. The molecule has 0 bridgehead atoms. The summed E-state index contributed by atoms with van der Waals surface area (Å²) >= 11 is 0. The number of rotatable bonds is 6. The molecule has 0 amide bonds. The molecule has 100 valence electrons. The SMILES string of the molecule is C=CCC(C#N)(CC=C)Cn1c(=O)[nH]c(=O)[nH]c1=O. The maximum absolute atomic E-state index is 11.6. The van der Waals surface area contributed by atoms with Crippen LogP contribution in [0.2, 0.25) is 0 Å². The number of allylic oxidation sites excluding steroid dienone is 2. The Morgan fingerprint density at radius 3 is 2.00 bits per heavy atom. The van der Waals surface area contributed by atoms with Crippen LogP contribution in [0.5, 0.6) is 0 Å². The number of aromatic amines is 2. The maximum atomic E-state index is 11.6. The second-order valence-electron chi connectivity index (χ2n) is 4.15. The number of H-pyrrole nitrogens is 2. The molecular formula is C12H14N4O3. The summed E-state index contributed by atoms with van der Waals surface area (Å²) in [7, 11) is 0. The third-order valence-electron chi connectivity index (χ3n) is 2.70. The van der Waals surface area contributed by atoms with Crippen molar-refractivity contribution in [1.82, 2.24) is 14.5 Å². The smallest absolute Gasteiger partial charge is 0.259 e. The third kappa shape index (κ3) is 3.19. The van der Waals surface area contributed by atoms with Crippen LogP contribution in [-0.2, 0) is 6.54 Å². The Morgan fingerprint density at radius 1 is 1.16 bits per heavy atom. The highest BCUT2D eigenvalue weighted by atomic mass is 16.2. The Hall–Kier alpha value is -2.62. The summed E-state index contributed by atoms with van der Waals surface area (Å²) in [6.45, 7) is 6.97. The van der Waals surface area contributed by atoms with Crippen molar-refractivity contribution in [2.45, 2.75) is 19.4 Å². The highest BCUT2D eigenvalue weighted by molar-refractivity contribution is 5.05. The largest absolute Gasteiger partial charge is 0.333 e. The predicted octanol–water partition coefficient (Wildman–Crippen LogP) is -0.113. The average Bonchev–Trinajstić information content (AvgIpc) is 2.34. The van der Waals surface area contributed by atoms with E-state index in [1.165, 1.54) is 12.2 Å². The molecule has 7 heteroatoms. The molecule has 1 aromatic heterocycles. The van der Waals surface area contributed by atoms with E-state index in [2.05, 4.69) is 19.2 Å². The molecule has 0 aliphatic heterocycles. The van der Waals surface area contributed by atoms with Gasteiger partial charge in [0.15, 0.2) is 0 Å². The highest BCUT2D eigenvalue weighted by Gasteiger charge is 2.29. The highest BCUT2D eigenvalue weighted by Crippen LogP contribution is 2.28. The lowest BCUT2D eigenvalue weighted by Crippen LogP contribution is -2.46. The molecule has 1 rings (SSSR count). The summed E-state index contributed by atoms with van der Waals surface area (Å²) in [6, 6.07) is 2.09. The number of nitriles is 1. The molecule has 0 unspecified atom stereocenters. The van der Waals surface area contributed by atoms with E-state index in [1.54, 1.807) is 0 Å². The standard InChI is InChI=1S/C12H14N4O3/c1-3-5-12(7-13,6-4-2)8-16-10(18)14-9(17)15-11(16)19/h3-4H,1-2,5-6,8H2,(H2,14,15,17,18,19). The molecule has 0 aliphatic rings. The van der Waals surface area contributed by atoms with Gasteiger partial charge in [-0.15, -0.1) is 13.2 Å². The minimum atomic E-state index is -0.988. The fraction of sp³-hybridized carbons (Fsp3) is 0.333. The van der Waals surface area contributed by atoms with Crippen LogP contribution in [0.3, 0.4) is 0 Å². The van der Waals surface area contributed by atoms with Gasteiger partial charge in [0.1, 0.15) is 0 Å². The first-order chi connectivity index (χ1) is 8.98. The summed E-state index contributed by atoms with van der Waals surface area (Å²) in [5.41, 5.74) is -3.55. The van der Waals surface area contributed by atoms with Crippen LogP contribution in [0.25, 0.3) is 0 Å². The van der Waals surface area contributed by atoms with Crippen molar-refractivity contribution >= 4 is 0 Å². The third-order valence-corrected chi connectivity index (χ3v) is 2.70. The molecule has 0 saturated carbocycles. The normalized spacial score (nSPS) is 10.7. The van der Waals surface area contributed by atoms with Gasteiger partial charge in [-0.05, 0) is 12.8 Å². The molecule has 19 heavy (non-hydrogen) atoms. The zero-order valence-corrected chi connectivity index (χ0v) is 10.3. The Labute approximate surface area is 108 Å². The van der Waals surface area contributed by atoms with Gasteiger partial charge < -0.3 is 0 Å². The summed E-state index contributed by atoms with van der Waals surface area (Å²) in [5.74, 6) is 0. The van der Waals surface area contributed by atoms with Gasteiger partial charge in [0.2, 0.25) is 0 Å². The molecule has 0 radical (unpaired) electrons. The first kappa shape index (κ1) is 14.4. The van der Waals surface area contributed by atoms with E-state index in [9.17, 15) is 19.6 Å². The van der Waals surface area contributed by atoms with E-state index in [1.807, 2.05) is 9.97 Å². The summed E-state index contributed by atoms with van der Waals surface area (Å²) in [4.78, 5) is 38.0. The molecule has 1 aromatic rings. The molecule has 0 saturated heterocycles. The molecule has 0 aliphatic carbocycles. The monoisotopic (exact) mass is 262 g/mol. The van der Waals surface area contributed by atoms with Crippen molar-refractivity contribution in [1.29, 1.82) is 5.26 Å². The van der Waals surface area contributed by atoms with Crippen LogP contribution in [0, 0.1) is 16.7 Å². The van der Waals surface area contributed by atoms with Gasteiger partial charge in [-0.1, -0.05) is 12.2 Å². The Bertz CT molecular complexity index is 642. The predicted molar refractivity (Wildman–Crippen MR) is 69.6 cm³/mol. The van der Waals surface area contributed by atoms with Crippen molar-refractivity contribution in [2.75, 3.05) is 0 Å². The average molecular weight is 262 g/mol. The van der Waals surface area contributed by atoms with E-state index in [0.717, 1.165) is 4.57 Å². The van der Waals surface area contributed by atoms with Crippen LogP contribution in [0.1, 0.15) is 12.8 Å². The van der Waals surface area contributed by atoms with Crippen LogP contribution < -0.4 is 17.1 Å². The van der Waals surface area contributed by atoms with E-state index in [-0.39, 0.29) is 6.54 Å². The van der Waals surface area contributed by atoms with Crippen LogP contribution >= 0.6 is 0 Å². The van der Waals surface area contributed by atoms with Crippen molar-refractivity contribution in [3.8, 4) is 6.07 Å². The van der Waals surface area contributed by atoms with Gasteiger partial charge in [0.25, 0.3) is 0 Å². The number of hydrogen-bond acceptors (Lipinski definition) is 4. The quantitative estimate of drug-likeness (QED) is 0.696. The Kier molecular flexibility index (Phi) is 4.42. The summed E-state index contributed by atoms with van der Waals surface area (Å²) < 4.78 is 0.789. The van der Waals surface area contributed by atoms with E-state index in [4.69, 9.17) is 0 Å². The topological polar surface area (TPSA) is 112 Å². The summed E-state index contributed by atoms with van der Waals surface area (Å²) in [6.07, 6.45) is 3.66. The minimum absolute atomic E-state index is 0.146. The fourth-order valence-electron chi connectivity index (χ4n) is 1.79. The number of hydrogen-bond donors (Lipinski definition) is 2. The lowest BCUT2D eigenvalue weighted by Gasteiger charge is -2.23. The van der Waals surface area contributed by atoms with Gasteiger partial charge in [0, 0.05) is 0 Å². The second-order valence-corrected chi connectivity index (χ2v) is 4.15. The maximum Gasteiger partial charge on any atom is 0.333 e. The Balaban J connectivity index is 3.32. The molecule has 0 atom stereocenters. The molecular weight excluding hydrogens is 248 g/mol. The fourth-order valence-corrected chi connectivity index (χ4v) is 1.79. The number of nitrogens with one attached hydrogen (secondary N) is 2. The van der Waals surface area contributed by atoms with Crippen LogP contribution in [0.4, 0.5) is 0 Å². The summed E-state index contributed by atoms with van der Waals surface area (Å²) in [5, 5.41) is 9.29. The first-order valence-electron chi connectivity index (χ1n) is 5.54. The van der Waals surface area contributed by atoms with Gasteiger partial charge in [-0.3, -0.25) is 9.97 Å². The van der Waals surface area contributed by atoms with E-state index < -0.39 is 22.5 Å². The van der Waals surface area contributed by atoms with Gasteiger partial charge in [0.05, 0.1) is 18.0 Å². The van der Waals surface area contributed by atoms with Crippen LogP contribution in [-0.4, -0.2) is 14.5 Å². The van der Waals surface area contributed by atoms with Gasteiger partial charge in [-0.2, -0.15) is 5.26 Å². The lowest BCUT2D eigenvalue weighted by molar-refractivity contribution is 0.324. The second kappa shape index (κ2) is 5.82. The molecule has 2 N–H and O–H groups in total. The van der Waals surface area contributed by atoms with Crippen molar-refractivity contribution in [2.24, 2.45) is 5.41 Å². The lowest BCUT2D eigenvalue weighted by atomic mass is 9.82. The van der Waals surface area contributed by atoms with Gasteiger partial charge >= 0.3 is 17.1 Å². The van der Waals surface area contributed by atoms with Crippen molar-refractivity contribution in [3.63, 3.8) is 0 Å². The van der Waals surface area contributed by atoms with Gasteiger partial charge in [-0.25, -0.2) is 19.0 Å². The van der Waals surface area contributed by atoms with Crippen LogP contribution in [0.15, 0.2) is 39.7 Å². The number of aromatic nitrogens is 3. The number of nitrogens with zero attached hydrogens (tertiary/aromatic N) is 2. The molecule has 7 nitrogen and oxygen atoms in total. The molecule has 0 aromatic carbocycles. The van der Waals surface area contributed by atoms with E-state index in [0.29, 0.717) is 12.8 Å². The Morgan fingerprint density at radius 2 is 1.63 bits per heavy atom. The molecule has 0 spiro atoms. The van der Waals surface area contributed by atoms with E-state index >= 15 is 0 Å². The van der Waals surface area contributed by atoms with Crippen molar-refractivity contribution in [3.05, 3.63) is 56.8 Å². The molecule has 1 heterocycles. The minimum Gasteiger partial charge on any atom is -0.259 e. The zero-order valence-electron chi connectivity index (χ0n) is 10.3. The first-order valence-corrected chi connectivity index (χ1v) is 5.54.